The van der Waals surface area contributed by atoms with E-state index >= 15 is 0 Å². The van der Waals surface area contributed by atoms with Gasteiger partial charge in [0.15, 0.2) is 11.5 Å². The molecule has 0 aromatic heterocycles. The summed E-state index contributed by atoms with van der Waals surface area (Å²) in [7, 11) is 5.36. The molecule has 0 aliphatic carbocycles. The Morgan fingerprint density at radius 2 is 1.82 bits per heavy atom. The van der Waals surface area contributed by atoms with Crippen LogP contribution in [0.5, 0.6) is 17.2 Å². The molecule has 1 amide bonds. The second-order valence-electron chi connectivity index (χ2n) is 10.1. The van der Waals surface area contributed by atoms with E-state index in [0.29, 0.717) is 60.6 Å². The number of amides is 1. The summed E-state index contributed by atoms with van der Waals surface area (Å²) in [6, 6.07) is 9.89. The largest absolute Gasteiger partial charge is 0.507 e. The van der Waals surface area contributed by atoms with Crippen LogP contribution in [0, 0.1) is 12.8 Å². The zero-order valence-electron chi connectivity index (χ0n) is 23.5. The summed E-state index contributed by atoms with van der Waals surface area (Å²) in [5.74, 6) is 0.697. The van der Waals surface area contributed by atoms with E-state index in [1.807, 2.05) is 45.0 Å². The van der Waals surface area contributed by atoms with Gasteiger partial charge in [-0.05, 0) is 81.7 Å². The fraction of sp³-hybridized carbons (Fsp3) is 0.467. The molecule has 2 aromatic carbocycles. The maximum absolute atomic E-state index is 13.4. The molecule has 3 rings (SSSR count). The number of likely N-dealkylation sites (N-methyl/N-ethyl adjacent to an activating group) is 1. The molecule has 1 unspecified atom stereocenters. The first-order valence-electron chi connectivity index (χ1n) is 13.1. The van der Waals surface area contributed by atoms with Crippen LogP contribution in [0.2, 0.25) is 0 Å². The highest BCUT2D eigenvalue weighted by Crippen LogP contribution is 2.42. The van der Waals surface area contributed by atoms with Gasteiger partial charge in [-0.25, -0.2) is 0 Å². The van der Waals surface area contributed by atoms with Crippen LogP contribution in [0.15, 0.2) is 42.0 Å². The van der Waals surface area contributed by atoms with Gasteiger partial charge in [0.2, 0.25) is 0 Å². The van der Waals surface area contributed by atoms with E-state index in [1.54, 1.807) is 31.4 Å². The number of likely N-dealkylation sites (tertiary alicyclic amines) is 1. The maximum atomic E-state index is 13.4. The second-order valence-corrected chi connectivity index (χ2v) is 10.1. The van der Waals surface area contributed by atoms with E-state index < -0.39 is 17.7 Å². The van der Waals surface area contributed by atoms with E-state index in [2.05, 4.69) is 13.8 Å². The summed E-state index contributed by atoms with van der Waals surface area (Å²) < 4.78 is 17.1. The fourth-order valence-electron chi connectivity index (χ4n) is 4.45. The van der Waals surface area contributed by atoms with Crippen molar-refractivity contribution >= 4 is 17.4 Å². The smallest absolute Gasteiger partial charge is 0.295 e. The van der Waals surface area contributed by atoms with Crippen LogP contribution < -0.4 is 14.2 Å². The first-order valence-corrected chi connectivity index (χ1v) is 13.1. The number of hydrogen-bond donors (Lipinski definition) is 1. The second kappa shape index (κ2) is 12.8. The molecule has 0 radical (unpaired) electrons. The van der Waals surface area contributed by atoms with Crippen molar-refractivity contribution in [1.82, 2.24) is 9.80 Å². The number of aliphatic hydroxyl groups excluding tert-OH is 1. The summed E-state index contributed by atoms with van der Waals surface area (Å²) in [6.07, 6.45) is 0.900. The van der Waals surface area contributed by atoms with Gasteiger partial charge in [-0.15, -0.1) is 0 Å². The minimum absolute atomic E-state index is 0.0524. The first-order chi connectivity index (χ1) is 18.1. The number of ether oxygens (including phenoxy) is 3. The summed E-state index contributed by atoms with van der Waals surface area (Å²) >= 11 is 0. The van der Waals surface area contributed by atoms with Crippen LogP contribution in [0.1, 0.15) is 49.9 Å². The van der Waals surface area contributed by atoms with Gasteiger partial charge in [-0.2, -0.15) is 0 Å². The Hall–Kier alpha value is -3.52. The molecule has 0 spiro atoms. The molecule has 206 valence electrons. The van der Waals surface area contributed by atoms with E-state index in [-0.39, 0.29) is 11.3 Å². The number of benzene rings is 2. The summed E-state index contributed by atoms with van der Waals surface area (Å²) in [6.45, 7) is 9.93. The number of carbonyl (C=O) groups is 2. The minimum atomic E-state index is -0.778. The van der Waals surface area contributed by atoms with Gasteiger partial charge in [0, 0.05) is 18.7 Å². The molecular formula is C30H40N2O6. The molecule has 1 fully saturated rings. The van der Waals surface area contributed by atoms with E-state index in [0.717, 1.165) is 12.0 Å². The number of carbonyl (C=O) groups excluding carboxylic acids is 2. The number of Topliss-reactive ketones (excluding diaryl/α,β-unsaturated/α-hetero) is 1. The molecule has 8 nitrogen and oxygen atoms in total. The lowest BCUT2D eigenvalue weighted by Crippen LogP contribution is -2.35. The van der Waals surface area contributed by atoms with Crippen molar-refractivity contribution in [3.8, 4) is 17.2 Å². The minimum Gasteiger partial charge on any atom is -0.507 e. The van der Waals surface area contributed by atoms with Crippen LogP contribution in [-0.4, -0.2) is 74.1 Å². The number of aryl methyl sites for hydroxylation is 1. The Kier molecular flexibility index (Phi) is 9.80. The average Bonchev–Trinajstić information content (AvgIpc) is 3.12. The van der Waals surface area contributed by atoms with Gasteiger partial charge in [-0.3, -0.25) is 9.59 Å². The van der Waals surface area contributed by atoms with Gasteiger partial charge < -0.3 is 29.1 Å². The molecule has 38 heavy (non-hydrogen) atoms. The predicted octanol–water partition coefficient (Wildman–Crippen LogP) is 4.81. The molecule has 1 aliphatic rings. The van der Waals surface area contributed by atoms with Gasteiger partial charge >= 0.3 is 0 Å². The SMILES string of the molecule is CCOc1ccc(C(O)=C2C(=O)C(=O)N(CCN(C)C)C2c2ccc(OCCC(C)C)c(OC)c2)c(C)c1. The van der Waals surface area contributed by atoms with Crippen LogP contribution in [0.3, 0.4) is 0 Å². The van der Waals surface area contributed by atoms with Gasteiger partial charge in [-0.1, -0.05) is 19.9 Å². The molecule has 1 atom stereocenters. The third-order valence-corrected chi connectivity index (χ3v) is 6.55. The van der Waals surface area contributed by atoms with E-state index in [4.69, 9.17) is 14.2 Å². The van der Waals surface area contributed by atoms with Crippen molar-refractivity contribution in [3.05, 3.63) is 58.7 Å². The molecule has 0 saturated carbocycles. The number of hydrogen-bond acceptors (Lipinski definition) is 7. The molecule has 2 aromatic rings. The highest BCUT2D eigenvalue weighted by atomic mass is 16.5. The highest BCUT2D eigenvalue weighted by Gasteiger charge is 2.46. The van der Waals surface area contributed by atoms with Crippen molar-refractivity contribution in [2.45, 2.75) is 40.2 Å². The lowest BCUT2D eigenvalue weighted by molar-refractivity contribution is -0.140. The Morgan fingerprint density at radius 3 is 2.42 bits per heavy atom. The molecule has 1 N–H and O–H groups in total. The number of aliphatic hydroxyl groups is 1. The predicted molar refractivity (Wildman–Crippen MR) is 148 cm³/mol. The lowest BCUT2D eigenvalue weighted by atomic mass is 9.93. The standard InChI is InChI=1S/C30H40N2O6/c1-8-37-22-10-11-23(20(4)17-22)28(33)26-27(32(15-14-31(5)6)30(35)29(26)34)21-9-12-24(25(18-21)36-7)38-16-13-19(2)3/h9-12,17-19,27,33H,8,13-16H2,1-7H3. The monoisotopic (exact) mass is 524 g/mol. The van der Waals surface area contributed by atoms with E-state index in [9.17, 15) is 14.7 Å². The topological polar surface area (TPSA) is 88.5 Å². The summed E-state index contributed by atoms with van der Waals surface area (Å²) in [4.78, 5) is 30.1. The zero-order valence-corrected chi connectivity index (χ0v) is 23.5. The van der Waals surface area contributed by atoms with Crippen molar-refractivity contribution in [2.75, 3.05) is 47.5 Å². The third-order valence-electron chi connectivity index (χ3n) is 6.55. The highest BCUT2D eigenvalue weighted by molar-refractivity contribution is 6.46. The number of methoxy groups -OCH3 is 1. The van der Waals surface area contributed by atoms with Crippen LogP contribution in [0.4, 0.5) is 0 Å². The van der Waals surface area contributed by atoms with E-state index in [1.165, 1.54) is 4.90 Å². The van der Waals surface area contributed by atoms with Gasteiger partial charge in [0.1, 0.15) is 11.5 Å². The van der Waals surface area contributed by atoms with Gasteiger partial charge in [0.25, 0.3) is 11.7 Å². The van der Waals surface area contributed by atoms with Crippen LogP contribution in [0.25, 0.3) is 5.76 Å². The average molecular weight is 525 g/mol. The summed E-state index contributed by atoms with van der Waals surface area (Å²) in [5.41, 5.74) is 1.92. The Morgan fingerprint density at radius 1 is 1.08 bits per heavy atom. The van der Waals surface area contributed by atoms with Crippen molar-refractivity contribution < 1.29 is 28.9 Å². The molecule has 1 heterocycles. The molecule has 0 bridgehead atoms. The first kappa shape index (κ1) is 29.0. The molecular weight excluding hydrogens is 484 g/mol. The number of ketones is 1. The van der Waals surface area contributed by atoms with Crippen LogP contribution in [-0.2, 0) is 9.59 Å². The molecule has 1 aliphatic heterocycles. The zero-order chi connectivity index (χ0) is 28.0. The summed E-state index contributed by atoms with van der Waals surface area (Å²) in [5, 5.41) is 11.5. The molecule has 8 heteroatoms. The van der Waals surface area contributed by atoms with Crippen LogP contribution >= 0.6 is 0 Å². The van der Waals surface area contributed by atoms with Gasteiger partial charge in [0.05, 0.1) is 31.9 Å². The Balaban J connectivity index is 2.11. The number of nitrogens with zero attached hydrogens (tertiary/aromatic N) is 2. The van der Waals surface area contributed by atoms with Crippen molar-refractivity contribution in [1.29, 1.82) is 0 Å². The fourth-order valence-corrected chi connectivity index (χ4v) is 4.45. The van der Waals surface area contributed by atoms with Crippen molar-refractivity contribution in [3.63, 3.8) is 0 Å². The third kappa shape index (κ3) is 6.48. The maximum Gasteiger partial charge on any atom is 0.295 e. The lowest BCUT2D eigenvalue weighted by Gasteiger charge is -2.27. The van der Waals surface area contributed by atoms with Crippen molar-refractivity contribution in [2.24, 2.45) is 5.92 Å². The quantitative estimate of drug-likeness (QED) is 0.242. The Bertz CT molecular complexity index is 1190. The number of rotatable bonds is 12. The molecule has 1 saturated heterocycles. The normalized spacial score (nSPS) is 17.0. The Labute approximate surface area is 225 Å².